The fraction of sp³-hybridized carbons (Fsp3) is 0.733. The van der Waals surface area contributed by atoms with Gasteiger partial charge in [-0.05, 0) is 32.5 Å². The third-order valence-corrected chi connectivity index (χ3v) is 6.66. The van der Waals surface area contributed by atoms with E-state index >= 15 is 0 Å². The van der Waals surface area contributed by atoms with Crippen molar-refractivity contribution in [2.75, 3.05) is 14.2 Å². The maximum atomic E-state index is 12.5. The number of hydrogen-bond acceptors (Lipinski definition) is 4. The molecule has 1 fully saturated rings. The van der Waals surface area contributed by atoms with Crippen molar-refractivity contribution in [3.05, 3.63) is 14.5 Å². The van der Waals surface area contributed by atoms with Crippen molar-refractivity contribution in [2.24, 2.45) is 5.41 Å². The fourth-order valence-corrected chi connectivity index (χ4v) is 4.40. The van der Waals surface area contributed by atoms with Crippen LogP contribution in [0, 0.1) is 16.3 Å². The molecule has 0 spiro atoms. The molecule has 2 rings (SSSR count). The molecule has 1 aliphatic carbocycles. The topological polar surface area (TPSA) is 45.3 Å². The van der Waals surface area contributed by atoms with Gasteiger partial charge in [-0.3, -0.25) is 4.79 Å². The Bertz CT molecular complexity index is 605. The van der Waals surface area contributed by atoms with Gasteiger partial charge >= 0.3 is 0 Å². The number of H-pyrrole nitrogens is 1. The predicted molar refractivity (Wildman–Crippen MR) is 88.3 cm³/mol. The maximum Gasteiger partial charge on any atom is 0.227 e. The van der Waals surface area contributed by atoms with Crippen molar-refractivity contribution in [1.82, 2.24) is 9.88 Å². The van der Waals surface area contributed by atoms with Crippen LogP contribution in [0.25, 0.3) is 0 Å². The first-order chi connectivity index (χ1) is 9.62. The average Bonchev–Trinajstić information content (AvgIpc) is 2.72. The van der Waals surface area contributed by atoms with Gasteiger partial charge in [0, 0.05) is 36.2 Å². The molecule has 2 atom stereocenters. The highest BCUT2D eigenvalue weighted by Crippen LogP contribution is 2.53. The second-order valence-corrected chi connectivity index (χ2v) is 8.39. The molecule has 1 aromatic rings. The molecule has 21 heavy (non-hydrogen) atoms. The van der Waals surface area contributed by atoms with Gasteiger partial charge in [0.1, 0.15) is 0 Å². The molecule has 1 aromatic heterocycles. The van der Waals surface area contributed by atoms with Crippen molar-refractivity contribution in [1.29, 1.82) is 0 Å². The number of ether oxygens (including phenoxy) is 1. The zero-order valence-corrected chi connectivity index (χ0v) is 15.2. The lowest BCUT2D eigenvalue weighted by Crippen LogP contribution is -2.68. The second kappa shape index (κ2) is 5.48. The zero-order chi connectivity index (χ0) is 16.0. The molecule has 0 saturated heterocycles. The summed E-state index contributed by atoms with van der Waals surface area (Å²) in [5.41, 5.74) is 0.792. The van der Waals surface area contributed by atoms with Crippen LogP contribution in [-0.4, -0.2) is 41.6 Å². The molecule has 1 amide bonds. The van der Waals surface area contributed by atoms with E-state index in [1.54, 1.807) is 7.11 Å². The Balaban J connectivity index is 2.08. The van der Waals surface area contributed by atoms with Crippen LogP contribution in [0.5, 0.6) is 0 Å². The van der Waals surface area contributed by atoms with E-state index in [0.717, 1.165) is 20.9 Å². The Morgan fingerprint density at radius 1 is 1.52 bits per heavy atom. The Hall–Kier alpha value is -0.720. The van der Waals surface area contributed by atoms with Gasteiger partial charge in [-0.2, -0.15) is 0 Å². The van der Waals surface area contributed by atoms with Crippen molar-refractivity contribution in [3.63, 3.8) is 0 Å². The lowest BCUT2D eigenvalue weighted by atomic mass is 9.55. The minimum absolute atomic E-state index is 0.0496. The van der Waals surface area contributed by atoms with Gasteiger partial charge in [0.2, 0.25) is 5.91 Å². The number of likely N-dealkylation sites (N-methyl/N-ethyl adjacent to an activating group) is 1. The monoisotopic (exact) mass is 328 g/mol. The Morgan fingerprint density at radius 2 is 2.14 bits per heavy atom. The summed E-state index contributed by atoms with van der Waals surface area (Å²) in [7, 11) is 3.64. The Kier molecular flexibility index (Phi) is 4.35. The molecule has 1 N–H and O–H groups in total. The number of nitrogens with zero attached hydrogens (tertiary/aromatic N) is 1. The molecule has 4 nitrogen and oxygen atoms in total. The number of aryl methyl sites for hydroxylation is 1. The minimum Gasteiger partial charge on any atom is -0.378 e. The van der Waals surface area contributed by atoms with Gasteiger partial charge in [0.25, 0.3) is 0 Å². The number of aromatic nitrogens is 1. The van der Waals surface area contributed by atoms with Gasteiger partial charge in [-0.1, -0.05) is 13.8 Å². The van der Waals surface area contributed by atoms with Crippen LogP contribution >= 0.6 is 23.6 Å². The van der Waals surface area contributed by atoms with E-state index in [-0.39, 0.29) is 23.0 Å². The van der Waals surface area contributed by atoms with Crippen molar-refractivity contribution < 1.29 is 9.53 Å². The van der Waals surface area contributed by atoms with Gasteiger partial charge in [0.15, 0.2) is 3.95 Å². The smallest absolute Gasteiger partial charge is 0.227 e. The number of rotatable bonds is 4. The molecule has 1 heterocycles. The SMILES string of the molecule is CO[C@@]1(C)C[C@H](N(C)C(=O)Cc2sc(=S)[nH]c2C)C1(C)C. The van der Waals surface area contributed by atoms with E-state index in [2.05, 4.69) is 25.8 Å². The summed E-state index contributed by atoms with van der Waals surface area (Å²) in [6.45, 7) is 8.41. The van der Waals surface area contributed by atoms with Crippen LogP contribution in [0.15, 0.2) is 0 Å². The lowest BCUT2D eigenvalue weighted by molar-refractivity contribution is -0.207. The standard InChI is InChI=1S/C15H24N2O2S2/c1-9-10(21-13(20)16-9)7-12(18)17(5)11-8-15(4,19-6)14(11,2)3/h11H,7-8H2,1-6H3,(H,16,20)/t11-,15-/m0/s1. The number of nitrogens with one attached hydrogen (secondary N) is 1. The fourth-order valence-electron chi connectivity index (χ4n) is 3.12. The number of amides is 1. The summed E-state index contributed by atoms with van der Waals surface area (Å²) in [5.74, 6) is 0.138. The Labute approximate surface area is 135 Å². The average molecular weight is 329 g/mol. The maximum absolute atomic E-state index is 12.5. The molecular formula is C15H24N2O2S2. The molecule has 0 unspecified atom stereocenters. The van der Waals surface area contributed by atoms with Crippen LogP contribution in [0.2, 0.25) is 0 Å². The van der Waals surface area contributed by atoms with Crippen molar-refractivity contribution in [3.8, 4) is 0 Å². The van der Waals surface area contributed by atoms with Gasteiger partial charge < -0.3 is 14.6 Å². The van der Waals surface area contributed by atoms with E-state index in [0.29, 0.717) is 6.42 Å². The van der Waals surface area contributed by atoms with E-state index in [9.17, 15) is 4.79 Å². The van der Waals surface area contributed by atoms with E-state index in [4.69, 9.17) is 17.0 Å². The van der Waals surface area contributed by atoms with Crippen LogP contribution in [-0.2, 0) is 16.0 Å². The molecular weight excluding hydrogens is 304 g/mol. The molecule has 0 aliphatic heterocycles. The Morgan fingerprint density at radius 3 is 2.57 bits per heavy atom. The summed E-state index contributed by atoms with van der Waals surface area (Å²) < 4.78 is 6.37. The first-order valence-electron chi connectivity index (χ1n) is 7.12. The van der Waals surface area contributed by atoms with E-state index in [1.807, 2.05) is 18.9 Å². The number of hydrogen-bond donors (Lipinski definition) is 1. The van der Waals surface area contributed by atoms with Crippen LogP contribution in [0.1, 0.15) is 37.8 Å². The highest BCUT2D eigenvalue weighted by molar-refractivity contribution is 7.73. The third-order valence-electron chi connectivity index (χ3n) is 5.33. The highest BCUT2D eigenvalue weighted by atomic mass is 32.1. The number of carbonyl (C=O) groups is 1. The number of aromatic amines is 1. The number of methoxy groups -OCH3 is 1. The van der Waals surface area contributed by atoms with Gasteiger partial charge in [-0.25, -0.2) is 0 Å². The largest absolute Gasteiger partial charge is 0.378 e. The second-order valence-electron chi connectivity index (χ2n) is 6.62. The zero-order valence-electron chi connectivity index (χ0n) is 13.6. The first kappa shape index (κ1) is 16.6. The highest BCUT2D eigenvalue weighted by Gasteiger charge is 2.59. The summed E-state index contributed by atoms with van der Waals surface area (Å²) in [5, 5.41) is 0. The lowest BCUT2D eigenvalue weighted by Gasteiger charge is -2.61. The van der Waals surface area contributed by atoms with E-state index < -0.39 is 0 Å². The van der Waals surface area contributed by atoms with E-state index in [1.165, 1.54) is 11.3 Å². The van der Waals surface area contributed by atoms with Crippen LogP contribution in [0.4, 0.5) is 0 Å². The molecule has 1 saturated carbocycles. The summed E-state index contributed by atoms with van der Waals surface area (Å²) in [4.78, 5) is 18.5. The van der Waals surface area contributed by atoms with Crippen molar-refractivity contribution in [2.45, 2.75) is 52.2 Å². The molecule has 6 heteroatoms. The summed E-state index contributed by atoms with van der Waals surface area (Å²) in [6, 6.07) is 0.210. The van der Waals surface area contributed by atoms with Gasteiger partial charge in [0.05, 0.1) is 12.0 Å². The normalized spacial score (nSPS) is 27.2. The molecule has 1 aliphatic rings. The quantitative estimate of drug-likeness (QED) is 0.863. The van der Waals surface area contributed by atoms with Gasteiger partial charge in [-0.15, -0.1) is 11.3 Å². The third kappa shape index (κ3) is 2.69. The van der Waals surface area contributed by atoms with Crippen LogP contribution in [0.3, 0.4) is 0 Å². The summed E-state index contributed by atoms with van der Waals surface area (Å²) >= 11 is 6.62. The predicted octanol–water partition coefficient (Wildman–Crippen LogP) is 3.32. The first-order valence-corrected chi connectivity index (χ1v) is 8.34. The van der Waals surface area contributed by atoms with Crippen molar-refractivity contribution >= 4 is 29.5 Å². The minimum atomic E-state index is -0.160. The van der Waals surface area contributed by atoms with Crippen LogP contribution < -0.4 is 0 Å². The molecule has 0 radical (unpaired) electrons. The summed E-state index contributed by atoms with van der Waals surface area (Å²) in [6.07, 6.45) is 1.29. The molecule has 0 bridgehead atoms. The number of thiazole rings is 1. The molecule has 0 aromatic carbocycles. The molecule has 118 valence electrons. The number of carbonyl (C=O) groups excluding carboxylic acids is 1.